The molecule has 4 aromatic rings. The van der Waals surface area contributed by atoms with E-state index in [0.29, 0.717) is 11.3 Å². The van der Waals surface area contributed by atoms with Crippen molar-refractivity contribution in [3.63, 3.8) is 0 Å². The second-order valence-corrected chi connectivity index (χ2v) is 8.77. The lowest BCUT2D eigenvalue weighted by atomic mass is 9.93. The average Bonchev–Trinajstić information content (AvgIpc) is 3.18. The highest BCUT2D eigenvalue weighted by molar-refractivity contribution is 5.65. The van der Waals surface area contributed by atoms with Crippen molar-refractivity contribution < 1.29 is 9.50 Å². The first-order valence-corrected chi connectivity index (χ1v) is 11.6. The molecule has 5 rings (SSSR count). The highest BCUT2D eigenvalue weighted by Gasteiger charge is 2.20. The molecule has 2 heterocycles. The number of imidazole rings is 1. The Morgan fingerprint density at radius 1 is 1.00 bits per heavy atom. The SMILES string of the molecule is O=c1n(Cc2ccccc2F)cc(-c2ccnc(NC3CCC(O)CC3)c2)n1-c1ccccc1. The first kappa shape index (κ1) is 22.1. The number of hydrogen-bond donors (Lipinski definition) is 2. The Balaban J connectivity index is 1.53. The van der Waals surface area contributed by atoms with Crippen LogP contribution in [0.25, 0.3) is 16.9 Å². The summed E-state index contributed by atoms with van der Waals surface area (Å²) in [5.41, 5.74) is 2.50. The van der Waals surface area contributed by atoms with E-state index in [-0.39, 0.29) is 30.2 Å². The van der Waals surface area contributed by atoms with Crippen LogP contribution in [-0.2, 0) is 6.54 Å². The van der Waals surface area contributed by atoms with Crippen molar-refractivity contribution in [3.05, 3.63) is 101 Å². The summed E-state index contributed by atoms with van der Waals surface area (Å²) in [4.78, 5) is 17.9. The van der Waals surface area contributed by atoms with Crippen LogP contribution in [0, 0.1) is 5.82 Å². The minimum atomic E-state index is -0.337. The van der Waals surface area contributed by atoms with Gasteiger partial charge in [-0.25, -0.2) is 14.2 Å². The Labute approximate surface area is 197 Å². The van der Waals surface area contributed by atoms with Crippen LogP contribution >= 0.6 is 0 Å². The van der Waals surface area contributed by atoms with Gasteiger partial charge in [-0.3, -0.25) is 9.13 Å². The van der Waals surface area contributed by atoms with Gasteiger partial charge in [0.05, 0.1) is 24.0 Å². The number of anilines is 1. The van der Waals surface area contributed by atoms with E-state index >= 15 is 0 Å². The summed E-state index contributed by atoms with van der Waals surface area (Å²) in [6.07, 6.45) is 6.63. The summed E-state index contributed by atoms with van der Waals surface area (Å²) in [5, 5.41) is 13.2. The lowest BCUT2D eigenvalue weighted by Gasteiger charge is -2.26. The quantitative estimate of drug-likeness (QED) is 0.443. The number of benzene rings is 2. The fourth-order valence-corrected chi connectivity index (χ4v) is 4.54. The second-order valence-electron chi connectivity index (χ2n) is 8.77. The first-order chi connectivity index (χ1) is 16.6. The standard InChI is InChI=1S/C27H27FN4O2/c28-24-9-5-4-6-20(24)17-31-18-25(32(27(31)34)22-7-2-1-3-8-22)19-14-15-29-26(16-19)30-21-10-12-23(33)13-11-21/h1-9,14-16,18,21,23,33H,10-13,17H2,(H,29,30). The number of nitrogens with one attached hydrogen (secondary N) is 1. The molecule has 0 atom stereocenters. The largest absolute Gasteiger partial charge is 0.393 e. The van der Waals surface area contributed by atoms with Crippen LogP contribution in [0.1, 0.15) is 31.2 Å². The topological polar surface area (TPSA) is 72.1 Å². The summed E-state index contributed by atoms with van der Waals surface area (Å²) in [5.74, 6) is 0.393. The molecule has 1 aliphatic carbocycles. The molecule has 0 amide bonds. The number of para-hydroxylation sites is 1. The lowest BCUT2D eigenvalue weighted by Crippen LogP contribution is -2.28. The van der Waals surface area contributed by atoms with Crippen LogP contribution in [0.2, 0.25) is 0 Å². The molecule has 0 spiro atoms. The molecule has 2 N–H and O–H groups in total. The second kappa shape index (κ2) is 9.65. The van der Waals surface area contributed by atoms with E-state index in [1.807, 2.05) is 42.5 Å². The van der Waals surface area contributed by atoms with Crippen molar-refractivity contribution in [2.75, 3.05) is 5.32 Å². The maximum atomic E-state index is 14.3. The van der Waals surface area contributed by atoms with Gasteiger partial charge in [-0.05, 0) is 56.0 Å². The van der Waals surface area contributed by atoms with E-state index in [1.165, 1.54) is 10.6 Å². The third-order valence-corrected chi connectivity index (χ3v) is 6.37. The first-order valence-electron chi connectivity index (χ1n) is 11.6. The van der Waals surface area contributed by atoms with E-state index in [1.54, 1.807) is 35.2 Å². The van der Waals surface area contributed by atoms with Crippen molar-refractivity contribution in [2.24, 2.45) is 0 Å². The number of hydrogen-bond acceptors (Lipinski definition) is 4. The summed E-state index contributed by atoms with van der Waals surface area (Å²) >= 11 is 0. The van der Waals surface area contributed by atoms with Gasteiger partial charge in [0, 0.05) is 29.6 Å². The van der Waals surface area contributed by atoms with Crippen LogP contribution in [0.3, 0.4) is 0 Å². The van der Waals surface area contributed by atoms with Crippen molar-refractivity contribution in [3.8, 4) is 16.9 Å². The molecule has 6 nitrogen and oxygen atoms in total. The van der Waals surface area contributed by atoms with Crippen LogP contribution in [0.15, 0.2) is 83.9 Å². The number of halogens is 1. The third kappa shape index (κ3) is 4.65. The Morgan fingerprint density at radius 2 is 1.74 bits per heavy atom. The fourth-order valence-electron chi connectivity index (χ4n) is 4.54. The highest BCUT2D eigenvalue weighted by atomic mass is 19.1. The van der Waals surface area contributed by atoms with Gasteiger partial charge in [-0.1, -0.05) is 36.4 Å². The molecule has 0 bridgehead atoms. The maximum absolute atomic E-state index is 14.3. The van der Waals surface area contributed by atoms with Crippen molar-refractivity contribution in [1.29, 1.82) is 0 Å². The molecule has 1 aliphatic rings. The summed E-state index contributed by atoms with van der Waals surface area (Å²) in [7, 11) is 0. The van der Waals surface area contributed by atoms with Crippen molar-refractivity contribution in [2.45, 2.75) is 44.4 Å². The predicted octanol–water partition coefficient (Wildman–Crippen LogP) is 4.60. The van der Waals surface area contributed by atoms with E-state index in [9.17, 15) is 14.3 Å². The molecule has 174 valence electrons. The molecule has 0 unspecified atom stereocenters. The average molecular weight is 459 g/mol. The minimum absolute atomic E-state index is 0.138. The molecule has 1 saturated carbocycles. The molecule has 7 heteroatoms. The Kier molecular flexibility index (Phi) is 6.27. The van der Waals surface area contributed by atoms with Gasteiger partial charge in [0.15, 0.2) is 0 Å². The molecule has 2 aromatic heterocycles. The fraction of sp³-hybridized carbons (Fsp3) is 0.259. The summed E-state index contributed by atoms with van der Waals surface area (Å²) in [6.45, 7) is 0.138. The zero-order valence-corrected chi connectivity index (χ0v) is 18.8. The van der Waals surface area contributed by atoms with Crippen LogP contribution in [0.5, 0.6) is 0 Å². The Bertz CT molecular complexity index is 1320. The normalized spacial score (nSPS) is 18.1. The van der Waals surface area contributed by atoms with Gasteiger partial charge < -0.3 is 10.4 Å². The summed E-state index contributed by atoms with van der Waals surface area (Å²) in [6, 6.07) is 20.0. The molecule has 1 fully saturated rings. The Morgan fingerprint density at radius 3 is 2.50 bits per heavy atom. The van der Waals surface area contributed by atoms with Gasteiger partial charge in [0.1, 0.15) is 11.6 Å². The van der Waals surface area contributed by atoms with E-state index in [2.05, 4.69) is 10.3 Å². The number of rotatable bonds is 6. The number of aliphatic hydroxyl groups is 1. The number of nitrogens with zero attached hydrogens (tertiary/aromatic N) is 3. The zero-order valence-electron chi connectivity index (χ0n) is 18.8. The van der Waals surface area contributed by atoms with E-state index in [0.717, 1.165) is 42.8 Å². The molecule has 0 saturated heterocycles. The van der Waals surface area contributed by atoms with Crippen LogP contribution < -0.4 is 11.0 Å². The minimum Gasteiger partial charge on any atom is -0.393 e. The lowest BCUT2D eigenvalue weighted by molar-refractivity contribution is 0.126. The highest BCUT2D eigenvalue weighted by Crippen LogP contribution is 2.26. The molecular formula is C27H27FN4O2. The molecular weight excluding hydrogens is 431 g/mol. The maximum Gasteiger partial charge on any atom is 0.333 e. The monoisotopic (exact) mass is 458 g/mol. The van der Waals surface area contributed by atoms with Crippen LogP contribution in [-0.4, -0.2) is 31.4 Å². The van der Waals surface area contributed by atoms with Gasteiger partial charge in [0.25, 0.3) is 0 Å². The Hall–Kier alpha value is -3.71. The smallest absolute Gasteiger partial charge is 0.333 e. The van der Waals surface area contributed by atoms with Crippen LogP contribution in [0.4, 0.5) is 10.2 Å². The summed E-state index contributed by atoms with van der Waals surface area (Å²) < 4.78 is 17.5. The molecule has 34 heavy (non-hydrogen) atoms. The van der Waals surface area contributed by atoms with Crippen molar-refractivity contribution >= 4 is 5.82 Å². The van der Waals surface area contributed by atoms with E-state index in [4.69, 9.17) is 0 Å². The number of aromatic nitrogens is 3. The molecule has 0 radical (unpaired) electrons. The third-order valence-electron chi connectivity index (χ3n) is 6.37. The predicted molar refractivity (Wildman–Crippen MR) is 131 cm³/mol. The van der Waals surface area contributed by atoms with Gasteiger partial charge >= 0.3 is 5.69 Å². The zero-order chi connectivity index (χ0) is 23.5. The van der Waals surface area contributed by atoms with Crippen molar-refractivity contribution in [1.82, 2.24) is 14.1 Å². The molecule has 0 aliphatic heterocycles. The van der Waals surface area contributed by atoms with E-state index < -0.39 is 0 Å². The molecule has 2 aromatic carbocycles. The van der Waals surface area contributed by atoms with Gasteiger partial charge in [0.2, 0.25) is 0 Å². The number of aliphatic hydroxyl groups excluding tert-OH is 1. The van der Waals surface area contributed by atoms with Gasteiger partial charge in [-0.2, -0.15) is 0 Å². The number of pyridine rings is 1. The van der Waals surface area contributed by atoms with Gasteiger partial charge in [-0.15, -0.1) is 0 Å².